The molecule has 0 aliphatic rings. The molecule has 1 N–H and O–H groups in total. The van der Waals surface area contributed by atoms with Crippen LogP contribution in [0.1, 0.15) is 19.4 Å². The molecular formula is C14H21NO2. The molecule has 0 heterocycles. The third-order valence-electron chi connectivity index (χ3n) is 2.16. The summed E-state index contributed by atoms with van der Waals surface area (Å²) in [5.41, 5.74) is 2.17. The van der Waals surface area contributed by atoms with Gasteiger partial charge in [0, 0.05) is 6.54 Å². The van der Waals surface area contributed by atoms with Gasteiger partial charge in [0.1, 0.15) is 6.61 Å². The van der Waals surface area contributed by atoms with Gasteiger partial charge in [0.2, 0.25) is 0 Å². The standard InChI is InChI=1S/C14H21NO2/c1-5-16-14-8-12(9-15-4)6-7-13(14)17-10-11(2)3/h6-8,15H,2,5,9-10H2,1,3-4H3. The van der Waals surface area contributed by atoms with E-state index in [1.54, 1.807) is 0 Å². The summed E-state index contributed by atoms with van der Waals surface area (Å²) >= 11 is 0. The van der Waals surface area contributed by atoms with Gasteiger partial charge in [0.05, 0.1) is 6.61 Å². The van der Waals surface area contributed by atoms with Crippen LogP contribution in [0.15, 0.2) is 30.4 Å². The lowest BCUT2D eigenvalue weighted by molar-refractivity contribution is 0.293. The van der Waals surface area contributed by atoms with Crippen molar-refractivity contribution in [2.24, 2.45) is 0 Å². The SMILES string of the molecule is C=C(C)COc1ccc(CNC)cc1OCC. The normalized spacial score (nSPS) is 10.1. The highest BCUT2D eigenvalue weighted by Gasteiger charge is 2.06. The molecule has 0 atom stereocenters. The molecule has 0 bridgehead atoms. The van der Waals surface area contributed by atoms with Crippen LogP contribution in [0, 0.1) is 0 Å². The number of rotatable bonds is 7. The molecule has 1 aromatic carbocycles. The molecule has 0 aromatic heterocycles. The zero-order valence-electron chi connectivity index (χ0n) is 10.9. The topological polar surface area (TPSA) is 30.5 Å². The minimum Gasteiger partial charge on any atom is -0.490 e. The van der Waals surface area contributed by atoms with E-state index in [1.165, 1.54) is 5.56 Å². The summed E-state index contributed by atoms with van der Waals surface area (Å²) in [7, 11) is 1.92. The van der Waals surface area contributed by atoms with Crippen molar-refractivity contribution < 1.29 is 9.47 Å². The summed E-state index contributed by atoms with van der Waals surface area (Å²) in [4.78, 5) is 0. The van der Waals surface area contributed by atoms with Crippen molar-refractivity contribution in [2.45, 2.75) is 20.4 Å². The molecule has 3 heteroatoms. The van der Waals surface area contributed by atoms with E-state index in [0.29, 0.717) is 13.2 Å². The van der Waals surface area contributed by atoms with E-state index < -0.39 is 0 Å². The number of ether oxygens (including phenoxy) is 2. The molecule has 0 amide bonds. The molecule has 3 nitrogen and oxygen atoms in total. The Morgan fingerprint density at radius 3 is 2.65 bits per heavy atom. The van der Waals surface area contributed by atoms with Gasteiger partial charge in [-0.15, -0.1) is 0 Å². The number of benzene rings is 1. The van der Waals surface area contributed by atoms with Crippen molar-refractivity contribution in [1.82, 2.24) is 5.32 Å². The molecule has 0 fully saturated rings. The zero-order valence-corrected chi connectivity index (χ0v) is 10.9. The van der Waals surface area contributed by atoms with Gasteiger partial charge in [-0.3, -0.25) is 0 Å². The van der Waals surface area contributed by atoms with Crippen LogP contribution in [0.5, 0.6) is 11.5 Å². The summed E-state index contributed by atoms with van der Waals surface area (Å²) in [6.45, 7) is 9.69. The van der Waals surface area contributed by atoms with Gasteiger partial charge < -0.3 is 14.8 Å². The number of hydrogen-bond acceptors (Lipinski definition) is 3. The molecule has 0 spiro atoms. The second-order valence-electron chi connectivity index (χ2n) is 3.99. The molecule has 94 valence electrons. The van der Waals surface area contributed by atoms with Crippen LogP contribution in [0.3, 0.4) is 0 Å². The summed E-state index contributed by atoms with van der Waals surface area (Å²) in [5.74, 6) is 1.57. The van der Waals surface area contributed by atoms with Crippen molar-refractivity contribution in [2.75, 3.05) is 20.3 Å². The highest BCUT2D eigenvalue weighted by atomic mass is 16.5. The fourth-order valence-corrected chi connectivity index (χ4v) is 1.46. The molecule has 0 aliphatic heterocycles. The van der Waals surface area contributed by atoms with Gasteiger partial charge in [-0.2, -0.15) is 0 Å². The Balaban J connectivity index is 2.83. The molecule has 0 unspecified atom stereocenters. The van der Waals surface area contributed by atoms with E-state index in [2.05, 4.69) is 11.9 Å². The van der Waals surface area contributed by atoms with Crippen LogP contribution in [0.25, 0.3) is 0 Å². The minimum absolute atomic E-state index is 0.519. The smallest absolute Gasteiger partial charge is 0.161 e. The third kappa shape index (κ3) is 4.49. The van der Waals surface area contributed by atoms with E-state index in [-0.39, 0.29) is 0 Å². The Hall–Kier alpha value is -1.48. The molecule has 0 saturated heterocycles. The Labute approximate surface area is 103 Å². The van der Waals surface area contributed by atoms with Crippen molar-refractivity contribution in [3.63, 3.8) is 0 Å². The summed E-state index contributed by atoms with van der Waals surface area (Å²) in [6, 6.07) is 5.99. The van der Waals surface area contributed by atoms with Crippen LogP contribution in [-0.4, -0.2) is 20.3 Å². The largest absolute Gasteiger partial charge is 0.490 e. The quantitative estimate of drug-likeness (QED) is 0.737. The third-order valence-corrected chi connectivity index (χ3v) is 2.16. The number of nitrogens with one attached hydrogen (secondary N) is 1. The zero-order chi connectivity index (χ0) is 12.7. The lowest BCUT2D eigenvalue weighted by atomic mass is 10.2. The van der Waals surface area contributed by atoms with Crippen LogP contribution in [0.4, 0.5) is 0 Å². The first kappa shape index (κ1) is 13.6. The molecule has 17 heavy (non-hydrogen) atoms. The van der Waals surface area contributed by atoms with Gasteiger partial charge >= 0.3 is 0 Å². The first-order valence-electron chi connectivity index (χ1n) is 5.84. The first-order valence-corrected chi connectivity index (χ1v) is 5.84. The molecule has 1 rings (SSSR count). The van der Waals surface area contributed by atoms with E-state index in [4.69, 9.17) is 9.47 Å². The summed E-state index contributed by atoms with van der Waals surface area (Å²) < 4.78 is 11.2. The summed E-state index contributed by atoms with van der Waals surface area (Å²) in [5, 5.41) is 3.11. The lowest BCUT2D eigenvalue weighted by Gasteiger charge is -2.13. The van der Waals surface area contributed by atoms with Crippen LogP contribution in [-0.2, 0) is 6.54 Å². The van der Waals surface area contributed by atoms with E-state index in [0.717, 1.165) is 23.6 Å². The van der Waals surface area contributed by atoms with Crippen molar-refractivity contribution in [1.29, 1.82) is 0 Å². The average Bonchev–Trinajstić information content (AvgIpc) is 2.28. The Morgan fingerprint density at radius 2 is 2.06 bits per heavy atom. The molecule has 0 saturated carbocycles. The highest BCUT2D eigenvalue weighted by molar-refractivity contribution is 5.43. The molecule has 1 aromatic rings. The monoisotopic (exact) mass is 235 g/mol. The van der Waals surface area contributed by atoms with E-state index >= 15 is 0 Å². The predicted octanol–water partition coefficient (Wildman–Crippen LogP) is 2.76. The maximum absolute atomic E-state index is 5.64. The van der Waals surface area contributed by atoms with Gasteiger partial charge in [-0.1, -0.05) is 12.6 Å². The Morgan fingerprint density at radius 1 is 1.29 bits per heavy atom. The fraction of sp³-hybridized carbons (Fsp3) is 0.429. The first-order chi connectivity index (χ1) is 8.17. The highest BCUT2D eigenvalue weighted by Crippen LogP contribution is 2.28. The van der Waals surface area contributed by atoms with E-state index in [9.17, 15) is 0 Å². The fourth-order valence-electron chi connectivity index (χ4n) is 1.46. The van der Waals surface area contributed by atoms with Crippen LogP contribution < -0.4 is 14.8 Å². The second kappa shape index (κ2) is 6.97. The van der Waals surface area contributed by atoms with Gasteiger partial charge in [-0.05, 0) is 44.2 Å². The maximum Gasteiger partial charge on any atom is 0.161 e. The van der Waals surface area contributed by atoms with E-state index in [1.807, 2.05) is 39.1 Å². The minimum atomic E-state index is 0.519. The second-order valence-corrected chi connectivity index (χ2v) is 3.99. The van der Waals surface area contributed by atoms with Gasteiger partial charge in [0.25, 0.3) is 0 Å². The molecular weight excluding hydrogens is 214 g/mol. The van der Waals surface area contributed by atoms with Crippen LogP contribution in [0.2, 0.25) is 0 Å². The van der Waals surface area contributed by atoms with Crippen molar-refractivity contribution >= 4 is 0 Å². The number of hydrogen-bond donors (Lipinski definition) is 1. The Bertz CT molecular complexity index is 374. The van der Waals surface area contributed by atoms with Crippen LogP contribution >= 0.6 is 0 Å². The predicted molar refractivity (Wildman–Crippen MR) is 70.7 cm³/mol. The van der Waals surface area contributed by atoms with Gasteiger partial charge in [0.15, 0.2) is 11.5 Å². The Kier molecular flexibility index (Phi) is 5.57. The molecule has 0 radical (unpaired) electrons. The average molecular weight is 235 g/mol. The molecule has 0 aliphatic carbocycles. The maximum atomic E-state index is 5.64. The van der Waals surface area contributed by atoms with Crippen molar-refractivity contribution in [3.05, 3.63) is 35.9 Å². The lowest BCUT2D eigenvalue weighted by Crippen LogP contribution is -2.06. The van der Waals surface area contributed by atoms with Crippen molar-refractivity contribution in [3.8, 4) is 11.5 Å². The summed E-state index contributed by atoms with van der Waals surface area (Å²) in [6.07, 6.45) is 0. The van der Waals surface area contributed by atoms with Gasteiger partial charge in [-0.25, -0.2) is 0 Å².